The van der Waals surface area contributed by atoms with Crippen LogP contribution >= 0.6 is 0 Å². The molecule has 0 aliphatic carbocycles. The van der Waals surface area contributed by atoms with Crippen molar-refractivity contribution < 1.29 is 19.4 Å². The maximum absolute atomic E-state index is 11.4. The highest BCUT2D eigenvalue weighted by molar-refractivity contribution is 5.69. The molecule has 0 radical (unpaired) electrons. The number of ether oxygens (including phenoxy) is 2. The number of esters is 1. The molecule has 0 aromatic heterocycles. The topological polar surface area (TPSA) is 59.1 Å². The molecule has 1 N–H and O–H groups in total. The van der Waals surface area contributed by atoms with E-state index in [4.69, 9.17) is 9.47 Å². The molecule has 0 aromatic carbocycles. The Labute approximate surface area is 154 Å². The minimum absolute atomic E-state index is 0.0910. The summed E-state index contributed by atoms with van der Waals surface area (Å²) >= 11 is 0. The molecule has 1 aliphatic heterocycles. The Morgan fingerprint density at radius 3 is 2.60 bits per heavy atom. The Balaban J connectivity index is 1.78. The van der Waals surface area contributed by atoms with Crippen LogP contribution in [0.1, 0.15) is 90.4 Å². The van der Waals surface area contributed by atoms with Crippen molar-refractivity contribution in [3.8, 4) is 0 Å². The predicted octanol–water partition coefficient (Wildman–Crippen LogP) is 4.94. The van der Waals surface area contributed by atoms with Crippen LogP contribution in [0, 0.1) is 0 Å². The first kappa shape index (κ1) is 22.2. The summed E-state index contributed by atoms with van der Waals surface area (Å²) in [6.07, 6.45) is 18.2. The first-order valence-electron chi connectivity index (χ1n) is 10.3. The molecule has 1 saturated heterocycles. The Hall–Kier alpha value is -0.870. The minimum atomic E-state index is -0.167. The van der Waals surface area contributed by atoms with Gasteiger partial charge < -0.3 is 14.6 Å². The van der Waals surface area contributed by atoms with Crippen molar-refractivity contribution in [2.24, 2.45) is 0 Å². The maximum atomic E-state index is 11.4. The van der Waals surface area contributed by atoms with Gasteiger partial charge in [-0.2, -0.15) is 0 Å². The Kier molecular flexibility index (Phi) is 13.6. The number of carbonyl (C=O) groups is 1. The van der Waals surface area contributed by atoms with E-state index in [1.54, 1.807) is 0 Å². The van der Waals surface area contributed by atoms with Gasteiger partial charge in [0.25, 0.3) is 0 Å². The molecule has 0 spiro atoms. The third-order valence-corrected chi connectivity index (χ3v) is 4.55. The lowest BCUT2D eigenvalue weighted by Crippen LogP contribution is -2.09. The second-order valence-corrected chi connectivity index (χ2v) is 7.16. The fourth-order valence-corrected chi connectivity index (χ4v) is 2.78. The number of rotatable bonds is 17. The largest absolute Gasteiger partial charge is 0.463 e. The molecule has 0 saturated carbocycles. The van der Waals surface area contributed by atoms with E-state index in [1.807, 2.05) is 0 Å². The standard InChI is InChI=1S/C21H38O4/c1-2-3-4-11-14-19(22)15-12-9-7-5-6-8-10-13-16-21(23)25-18-20-17-24-20/h9,12,19-20,22H,2-8,10-11,13-18H2,1H3/b12-9-. The lowest BCUT2D eigenvalue weighted by molar-refractivity contribution is -0.144. The summed E-state index contributed by atoms with van der Waals surface area (Å²) in [6.45, 7) is 3.37. The van der Waals surface area contributed by atoms with Gasteiger partial charge in [-0.05, 0) is 32.1 Å². The van der Waals surface area contributed by atoms with Gasteiger partial charge in [-0.1, -0.05) is 64.0 Å². The van der Waals surface area contributed by atoms with Gasteiger partial charge in [-0.15, -0.1) is 0 Å². The van der Waals surface area contributed by atoms with Crippen molar-refractivity contribution >= 4 is 5.97 Å². The zero-order valence-corrected chi connectivity index (χ0v) is 16.1. The number of hydrogen-bond acceptors (Lipinski definition) is 4. The smallest absolute Gasteiger partial charge is 0.305 e. The second kappa shape index (κ2) is 15.4. The summed E-state index contributed by atoms with van der Waals surface area (Å²) in [6, 6.07) is 0. The van der Waals surface area contributed by atoms with Crippen LogP contribution in [0.2, 0.25) is 0 Å². The highest BCUT2D eigenvalue weighted by atomic mass is 16.6. The number of epoxide rings is 1. The summed E-state index contributed by atoms with van der Waals surface area (Å²) in [4.78, 5) is 11.4. The molecule has 4 heteroatoms. The van der Waals surface area contributed by atoms with Crippen LogP contribution in [0.3, 0.4) is 0 Å². The van der Waals surface area contributed by atoms with Crippen molar-refractivity contribution in [2.75, 3.05) is 13.2 Å². The number of aliphatic hydroxyl groups excluding tert-OH is 1. The molecule has 1 aliphatic rings. The van der Waals surface area contributed by atoms with E-state index >= 15 is 0 Å². The van der Waals surface area contributed by atoms with Gasteiger partial charge in [-0.25, -0.2) is 0 Å². The van der Waals surface area contributed by atoms with E-state index in [1.165, 1.54) is 38.5 Å². The van der Waals surface area contributed by atoms with Gasteiger partial charge in [0.2, 0.25) is 0 Å². The zero-order chi connectivity index (χ0) is 18.2. The third-order valence-electron chi connectivity index (χ3n) is 4.55. The SMILES string of the molecule is CCCCCCC(O)C/C=C\CCCCCCCC(=O)OCC1CO1. The normalized spacial score (nSPS) is 17.8. The van der Waals surface area contributed by atoms with Crippen molar-refractivity contribution in [1.82, 2.24) is 0 Å². The van der Waals surface area contributed by atoms with Crippen molar-refractivity contribution in [1.29, 1.82) is 0 Å². The summed E-state index contributed by atoms with van der Waals surface area (Å²) in [5, 5.41) is 9.87. The summed E-state index contributed by atoms with van der Waals surface area (Å²) in [7, 11) is 0. The lowest BCUT2D eigenvalue weighted by Gasteiger charge is -2.07. The number of aliphatic hydroxyl groups is 1. The third kappa shape index (κ3) is 15.1. The molecule has 0 aromatic rings. The average molecular weight is 355 g/mol. The molecule has 4 nitrogen and oxygen atoms in total. The molecular formula is C21H38O4. The van der Waals surface area contributed by atoms with Crippen LogP contribution in [-0.2, 0) is 14.3 Å². The fourth-order valence-electron chi connectivity index (χ4n) is 2.78. The lowest BCUT2D eigenvalue weighted by atomic mass is 10.1. The van der Waals surface area contributed by atoms with Gasteiger partial charge >= 0.3 is 5.97 Å². The fraction of sp³-hybridized carbons (Fsp3) is 0.857. The van der Waals surface area contributed by atoms with Crippen LogP contribution in [-0.4, -0.2) is 36.5 Å². The maximum Gasteiger partial charge on any atom is 0.305 e. The van der Waals surface area contributed by atoms with E-state index in [9.17, 15) is 9.90 Å². The van der Waals surface area contributed by atoms with Crippen molar-refractivity contribution in [2.45, 2.75) is 103 Å². The van der Waals surface area contributed by atoms with E-state index in [0.717, 1.165) is 45.1 Å². The zero-order valence-electron chi connectivity index (χ0n) is 16.1. The number of allylic oxidation sites excluding steroid dienone is 1. The van der Waals surface area contributed by atoms with Gasteiger partial charge in [0.15, 0.2) is 0 Å². The first-order valence-corrected chi connectivity index (χ1v) is 10.3. The van der Waals surface area contributed by atoms with E-state index in [0.29, 0.717) is 13.0 Å². The molecule has 0 bridgehead atoms. The molecule has 25 heavy (non-hydrogen) atoms. The number of carbonyl (C=O) groups excluding carboxylic acids is 1. The first-order chi connectivity index (χ1) is 12.2. The van der Waals surface area contributed by atoms with Crippen LogP contribution in [0.4, 0.5) is 0 Å². The average Bonchev–Trinajstić information content (AvgIpc) is 3.43. The summed E-state index contributed by atoms with van der Waals surface area (Å²) in [5.41, 5.74) is 0. The van der Waals surface area contributed by atoms with Crippen LogP contribution < -0.4 is 0 Å². The van der Waals surface area contributed by atoms with Gasteiger partial charge in [0, 0.05) is 6.42 Å². The van der Waals surface area contributed by atoms with Crippen LogP contribution in [0.15, 0.2) is 12.2 Å². The van der Waals surface area contributed by atoms with E-state index in [2.05, 4.69) is 19.1 Å². The minimum Gasteiger partial charge on any atom is -0.463 e. The highest BCUT2D eigenvalue weighted by Crippen LogP contribution is 2.12. The summed E-state index contributed by atoms with van der Waals surface area (Å²) < 4.78 is 10.1. The van der Waals surface area contributed by atoms with Gasteiger partial charge in [-0.3, -0.25) is 4.79 Å². The molecule has 1 heterocycles. The van der Waals surface area contributed by atoms with Crippen molar-refractivity contribution in [3.05, 3.63) is 12.2 Å². The Bertz CT molecular complexity index is 350. The summed E-state index contributed by atoms with van der Waals surface area (Å²) in [5.74, 6) is -0.0910. The monoisotopic (exact) mass is 354 g/mol. The highest BCUT2D eigenvalue weighted by Gasteiger charge is 2.23. The molecule has 1 rings (SSSR count). The second-order valence-electron chi connectivity index (χ2n) is 7.16. The van der Waals surface area contributed by atoms with Gasteiger partial charge in [0.05, 0.1) is 12.7 Å². The molecular weight excluding hydrogens is 316 g/mol. The Morgan fingerprint density at radius 2 is 1.84 bits per heavy atom. The molecule has 0 amide bonds. The predicted molar refractivity (Wildman–Crippen MR) is 102 cm³/mol. The van der Waals surface area contributed by atoms with E-state index < -0.39 is 0 Å². The van der Waals surface area contributed by atoms with Crippen LogP contribution in [0.5, 0.6) is 0 Å². The van der Waals surface area contributed by atoms with Crippen molar-refractivity contribution in [3.63, 3.8) is 0 Å². The molecule has 1 fully saturated rings. The molecule has 146 valence electrons. The molecule has 2 unspecified atom stereocenters. The van der Waals surface area contributed by atoms with E-state index in [-0.39, 0.29) is 18.2 Å². The number of unbranched alkanes of at least 4 members (excludes halogenated alkanes) is 8. The quantitative estimate of drug-likeness (QED) is 0.174. The van der Waals surface area contributed by atoms with Crippen LogP contribution in [0.25, 0.3) is 0 Å². The van der Waals surface area contributed by atoms with Gasteiger partial charge in [0.1, 0.15) is 12.7 Å². The molecule has 2 atom stereocenters. The number of hydrogen-bond donors (Lipinski definition) is 1. The Morgan fingerprint density at radius 1 is 1.12 bits per heavy atom.